The fraction of sp³-hybridized carbons (Fsp3) is 0.143. The van der Waals surface area contributed by atoms with Crippen LogP contribution in [-0.4, -0.2) is 15.6 Å². The largest absolute Gasteiger partial charge is 0.330 e. The molecule has 0 spiro atoms. The maximum atomic E-state index is 11.1. The van der Waals surface area contributed by atoms with Crippen molar-refractivity contribution in [3.05, 3.63) is 31.0 Å². The smallest absolute Gasteiger partial charge is 0.312 e. The molecule has 0 aliphatic carbocycles. The summed E-state index contributed by atoms with van der Waals surface area (Å²) >= 11 is 0. The number of carbonyl (C=O) groups excluding carboxylic acids is 1. The van der Waals surface area contributed by atoms with Crippen LogP contribution in [0, 0.1) is 0 Å². The van der Waals surface area contributed by atoms with Gasteiger partial charge in [-0.1, -0.05) is 6.58 Å². The lowest BCUT2D eigenvalue weighted by Crippen LogP contribution is -2.25. The maximum absolute atomic E-state index is 11.1. The van der Waals surface area contributed by atoms with Crippen molar-refractivity contribution < 1.29 is 4.79 Å². The van der Waals surface area contributed by atoms with Crippen LogP contribution in [0.3, 0.4) is 0 Å². The van der Waals surface area contributed by atoms with Crippen LogP contribution in [0.4, 0.5) is 4.79 Å². The number of aromatic nitrogens is 2. The SMILES string of the molecule is C=C(C)NC(=O)n1ccnc1. The van der Waals surface area contributed by atoms with E-state index < -0.39 is 0 Å². The Morgan fingerprint density at radius 1 is 1.73 bits per heavy atom. The average Bonchev–Trinajstić information content (AvgIpc) is 2.35. The van der Waals surface area contributed by atoms with Gasteiger partial charge in [0.2, 0.25) is 0 Å². The van der Waals surface area contributed by atoms with Gasteiger partial charge in [0.1, 0.15) is 6.33 Å². The zero-order chi connectivity index (χ0) is 8.27. The number of hydrogen-bond donors (Lipinski definition) is 1. The van der Waals surface area contributed by atoms with Gasteiger partial charge in [-0.3, -0.25) is 4.57 Å². The van der Waals surface area contributed by atoms with Crippen molar-refractivity contribution in [2.24, 2.45) is 0 Å². The van der Waals surface area contributed by atoms with Crippen molar-refractivity contribution in [2.45, 2.75) is 6.92 Å². The molecule has 1 N–H and O–H groups in total. The van der Waals surface area contributed by atoms with Crippen molar-refractivity contribution in [3.8, 4) is 0 Å². The fourth-order valence-corrected chi connectivity index (χ4v) is 0.626. The average molecular weight is 151 g/mol. The zero-order valence-electron chi connectivity index (χ0n) is 6.24. The monoisotopic (exact) mass is 151 g/mol. The highest BCUT2D eigenvalue weighted by Crippen LogP contribution is 1.87. The van der Waals surface area contributed by atoms with Gasteiger partial charge < -0.3 is 5.32 Å². The lowest BCUT2D eigenvalue weighted by molar-refractivity contribution is 0.245. The Balaban J connectivity index is 2.64. The van der Waals surface area contributed by atoms with Crippen LogP contribution in [0.15, 0.2) is 31.0 Å². The highest BCUT2D eigenvalue weighted by Gasteiger charge is 2.00. The molecular formula is C7H9N3O. The summed E-state index contributed by atoms with van der Waals surface area (Å²) in [7, 11) is 0. The second-order valence-electron chi connectivity index (χ2n) is 2.18. The summed E-state index contributed by atoms with van der Waals surface area (Å²) in [5, 5.41) is 2.53. The van der Waals surface area contributed by atoms with Crippen molar-refractivity contribution in [3.63, 3.8) is 0 Å². The normalized spacial score (nSPS) is 9.18. The van der Waals surface area contributed by atoms with Crippen molar-refractivity contribution in [2.75, 3.05) is 0 Å². The van der Waals surface area contributed by atoms with Crippen molar-refractivity contribution in [1.82, 2.24) is 14.9 Å². The Labute approximate surface area is 64.6 Å². The van der Waals surface area contributed by atoms with E-state index in [2.05, 4.69) is 16.9 Å². The minimum Gasteiger partial charge on any atom is -0.312 e. The Kier molecular flexibility index (Phi) is 2.06. The quantitative estimate of drug-likeness (QED) is 0.650. The van der Waals surface area contributed by atoms with E-state index in [1.54, 1.807) is 13.1 Å². The number of imidazole rings is 1. The molecule has 0 saturated carbocycles. The number of nitrogens with zero attached hydrogens (tertiary/aromatic N) is 2. The molecule has 0 fully saturated rings. The van der Waals surface area contributed by atoms with E-state index in [9.17, 15) is 4.79 Å². The molecule has 0 aliphatic heterocycles. The van der Waals surface area contributed by atoms with E-state index in [1.807, 2.05) is 0 Å². The van der Waals surface area contributed by atoms with E-state index >= 15 is 0 Å². The van der Waals surface area contributed by atoms with Gasteiger partial charge in [-0.15, -0.1) is 0 Å². The highest BCUT2D eigenvalue weighted by atomic mass is 16.2. The Morgan fingerprint density at radius 2 is 2.45 bits per heavy atom. The second kappa shape index (κ2) is 3.01. The second-order valence-corrected chi connectivity index (χ2v) is 2.18. The third-order valence-electron chi connectivity index (χ3n) is 1.06. The first-order valence-electron chi connectivity index (χ1n) is 3.15. The molecule has 58 valence electrons. The van der Waals surface area contributed by atoms with Gasteiger partial charge in [0, 0.05) is 18.1 Å². The third-order valence-corrected chi connectivity index (χ3v) is 1.06. The number of nitrogens with one attached hydrogen (secondary N) is 1. The standard InChI is InChI=1S/C7H9N3O/c1-6(2)9-7(11)10-4-3-8-5-10/h3-5H,1H2,2H3,(H,9,11). The molecule has 1 aromatic rings. The summed E-state index contributed by atoms with van der Waals surface area (Å²) < 4.78 is 1.34. The third kappa shape index (κ3) is 1.93. The van der Waals surface area contributed by atoms with Crippen LogP contribution < -0.4 is 5.32 Å². The van der Waals surface area contributed by atoms with Gasteiger partial charge in [0.15, 0.2) is 0 Å². The first kappa shape index (κ1) is 7.53. The molecule has 4 heteroatoms. The van der Waals surface area contributed by atoms with Crippen molar-refractivity contribution in [1.29, 1.82) is 0 Å². The predicted molar refractivity (Wildman–Crippen MR) is 41.0 cm³/mol. The summed E-state index contributed by atoms with van der Waals surface area (Å²) in [6.07, 6.45) is 4.54. The van der Waals surface area contributed by atoms with E-state index in [0.717, 1.165) is 0 Å². The molecule has 0 aliphatic rings. The Morgan fingerprint density at radius 3 is 2.91 bits per heavy atom. The van der Waals surface area contributed by atoms with Gasteiger partial charge in [-0.05, 0) is 6.92 Å². The molecule has 0 aromatic carbocycles. The summed E-state index contributed by atoms with van der Waals surface area (Å²) in [5.74, 6) is 0. The van der Waals surface area contributed by atoms with E-state index in [-0.39, 0.29) is 6.03 Å². The minimum absolute atomic E-state index is 0.241. The molecule has 0 atom stereocenters. The van der Waals surface area contributed by atoms with Crippen LogP contribution >= 0.6 is 0 Å². The lowest BCUT2D eigenvalue weighted by atomic mass is 10.6. The first-order chi connectivity index (χ1) is 5.20. The van der Waals surface area contributed by atoms with E-state index in [0.29, 0.717) is 5.70 Å². The molecule has 1 rings (SSSR count). The van der Waals surface area contributed by atoms with Gasteiger partial charge >= 0.3 is 6.03 Å². The summed E-state index contributed by atoms with van der Waals surface area (Å²) in [4.78, 5) is 14.8. The Bertz CT molecular complexity index is 263. The molecule has 4 nitrogen and oxygen atoms in total. The van der Waals surface area contributed by atoms with Crippen molar-refractivity contribution >= 4 is 6.03 Å². The number of carbonyl (C=O) groups is 1. The number of allylic oxidation sites excluding steroid dienone is 1. The van der Waals surface area contributed by atoms with Gasteiger partial charge in [0.25, 0.3) is 0 Å². The molecular weight excluding hydrogens is 142 g/mol. The van der Waals surface area contributed by atoms with Gasteiger partial charge in [-0.25, -0.2) is 9.78 Å². The molecule has 1 heterocycles. The van der Waals surface area contributed by atoms with E-state index in [4.69, 9.17) is 0 Å². The lowest BCUT2D eigenvalue weighted by Gasteiger charge is -2.01. The Hall–Kier alpha value is -1.58. The fourth-order valence-electron chi connectivity index (χ4n) is 0.626. The van der Waals surface area contributed by atoms with Gasteiger partial charge in [0.05, 0.1) is 0 Å². The number of rotatable bonds is 1. The molecule has 0 bridgehead atoms. The van der Waals surface area contributed by atoms with Gasteiger partial charge in [-0.2, -0.15) is 0 Å². The molecule has 1 amide bonds. The number of amides is 1. The summed E-state index contributed by atoms with van der Waals surface area (Å²) in [6, 6.07) is -0.241. The van der Waals surface area contributed by atoms with E-state index in [1.165, 1.54) is 17.1 Å². The molecule has 0 radical (unpaired) electrons. The highest BCUT2D eigenvalue weighted by molar-refractivity contribution is 5.77. The van der Waals surface area contributed by atoms with Crippen LogP contribution in [0.25, 0.3) is 0 Å². The first-order valence-corrected chi connectivity index (χ1v) is 3.15. The zero-order valence-corrected chi connectivity index (χ0v) is 6.24. The molecule has 11 heavy (non-hydrogen) atoms. The van der Waals surface area contributed by atoms with Crippen LogP contribution in [-0.2, 0) is 0 Å². The molecule has 1 aromatic heterocycles. The van der Waals surface area contributed by atoms with Crippen LogP contribution in [0.5, 0.6) is 0 Å². The van der Waals surface area contributed by atoms with Crippen LogP contribution in [0.1, 0.15) is 6.92 Å². The summed E-state index contributed by atoms with van der Waals surface area (Å²) in [5.41, 5.74) is 0.615. The topological polar surface area (TPSA) is 46.9 Å². The predicted octanol–water partition coefficient (Wildman–Crippen LogP) is 0.974. The minimum atomic E-state index is -0.241. The van der Waals surface area contributed by atoms with Crippen LogP contribution in [0.2, 0.25) is 0 Å². The number of hydrogen-bond acceptors (Lipinski definition) is 2. The summed E-state index contributed by atoms with van der Waals surface area (Å²) in [6.45, 7) is 5.26. The maximum Gasteiger partial charge on any atom is 0.330 e. The molecule has 0 unspecified atom stereocenters. The molecule has 0 saturated heterocycles.